The van der Waals surface area contributed by atoms with Gasteiger partial charge < -0.3 is 15.2 Å². The highest BCUT2D eigenvalue weighted by Gasteiger charge is 2.23. The van der Waals surface area contributed by atoms with E-state index in [1.807, 2.05) is 13.1 Å². The fourth-order valence-corrected chi connectivity index (χ4v) is 2.77. The Morgan fingerprint density at radius 3 is 2.95 bits per heavy atom. The van der Waals surface area contributed by atoms with Gasteiger partial charge in [-0.05, 0) is 32.6 Å². The van der Waals surface area contributed by atoms with Gasteiger partial charge in [0, 0.05) is 42.1 Å². The van der Waals surface area contributed by atoms with Crippen LogP contribution < -0.4 is 10.5 Å². The lowest BCUT2D eigenvalue weighted by molar-refractivity contribution is 0.0448. The third kappa shape index (κ3) is 3.25. The Hall–Kier alpha value is -1.13. The molecular formula is C15H24N2O2. The lowest BCUT2D eigenvalue weighted by Gasteiger charge is -2.27. The van der Waals surface area contributed by atoms with Crippen LogP contribution in [0.25, 0.3) is 0 Å². The first-order valence-corrected chi connectivity index (χ1v) is 6.96. The largest absolute Gasteiger partial charge is 0.496 e. The number of hydrogen-bond acceptors (Lipinski definition) is 4. The predicted octanol–water partition coefficient (Wildman–Crippen LogP) is 2.00. The minimum absolute atomic E-state index is 0.110. The van der Waals surface area contributed by atoms with E-state index in [2.05, 4.69) is 11.9 Å². The minimum atomic E-state index is 0.110. The lowest BCUT2D eigenvalue weighted by Crippen LogP contribution is -2.37. The molecule has 19 heavy (non-hydrogen) atoms. The van der Waals surface area contributed by atoms with Gasteiger partial charge in [0.15, 0.2) is 0 Å². The first kappa shape index (κ1) is 14.3. The number of aryl methyl sites for hydroxylation is 1. The summed E-state index contributed by atoms with van der Waals surface area (Å²) in [5.41, 5.74) is 9.53. The van der Waals surface area contributed by atoms with Crippen molar-refractivity contribution in [3.8, 4) is 5.75 Å². The molecule has 0 saturated carbocycles. The maximum absolute atomic E-state index is 6.32. The van der Waals surface area contributed by atoms with Gasteiger partial charge in [-0.1, -0.05) is 0 Å². The van der Waals surface area contributed by atoms with E-state index in [4.69, 9.17) is 15.2 Å². The molecule has 1 aromatic heterocycles. The van der Waals surface area contributed by atoms with E-state index in [9.17, 15) is 0 Å². The van der Waals surface area contributed by atoms with Gasteiger partial charge in [0.1, 0.15) is 5.75 Å². The van der Waals surface area contributed by atoms with Crippen LogP contribution in [0.5, 0.6) is 5.75 Å². The van der Waals surface area contributed by atoms with Crippen molar-refractivity contribution in [2.45, 2.75) is 39.2 Å². The Kier molecular flexibility index (Phi) is 4.77. The Morgan fingerprint density at radius 2 is 2.32 bits per heavy atom. The molecular weight excluding hydrogens is 240 g/mol. The number of methoxy groups -OCH3 is 1. The van der Waals surface area contributed by atoms with E-state index in [-0.39, 0.29) is 6.04 Å². The molecule has 106 valence electrons. The molecule has 1 fully saturated rings. The number of ether oxygens (including phenoxy) is 2. The highest BCUT2D eigenvalue weighted by Crippen LogP contribution is 2.26. The summed E-state index contributed by atoms with van der Waals surface area (Å²) in [6.07, 6.45) is 4.92. The molecule has 0 bridgehead atoms. The van der Waals surface area contributed by atoms with Crippen LogP contribution in [0.15, 0.2) is 6.20 Å². The summed E-state index contributed by atoms with van der Waals surface area (Å²) in [4.78, 5) is 4.52. The van der Waals surface area contributed by atoms with Gasteiger partial charge in [-0.15, -0.1) is 0 Å². The van der Waals surface area contributed by atoms with Crippen LogP contribution in [-0.4, -0.2) is 31.3 Å². The second kappa shape index (κ2) is 6.35. The maximum Gasteiger partial charge on any atom is 0.128 e. The second-order valence-electron chi connectivity index (χ2n) is 5.39. The Morgan fingerprint density at radius 1 is 1.53 bits per heavy atom. The van der Waals surface area contributed by atoms with Crippen LogP contribution in [0.2, 0.25) is 0 Å². The average molecular weight is 264 g/mol. The van der Waals surface area contributed by atoms with E-state index in [1.54, 1.807) is 7.11 Å². The first-order chi connectivity index (χ1) is 9.13. The fourth-order valence-electron chi connectivity index (χ4n) is 2.77. The van der Waals surface area contributed by atoms with Gasteiger partial charge in [-0.2, -0.15) is 0 Å². The molecule has 0 amide bonds. The molecule has 2 atom stereocenters. The summed E-state index contributed by atoms with van der Waals surface area (Å²) in [6.45, 7) is 5.72. The van der Waals surface area contributed by atoms with Gasteiger partial charge >= 0.3 is 0 Å². The normalized spacial score (nSPS) is 21.2. The van der Waals surface area contributed by atoms with Crippen LogP contribution >= 0.6 is 0 Å². The molecule has 4 nitrogen and oxygen atoms in total. The van der Waals surface area contributed by atoms with E-state index < -0.39 is 0 Å². The Bertz CT molecular complexity index is 428. The van der Waals surface area contributed by atoms with Crippen molar-refractivity contribution >= 4 is 0 Å². The van der Waals surface area contributed by atoms with Crippen molar-refractivity contribution < 1.29 is 9.47 Å². The van der Waals surface area contributed by atoms with Crippen LogP contribution in [-0.2, 0) is 11.2 Å². The number of nitrogens with zero attached hydrogens (tertiary/aromatic N) is 1. The summed E-state index contributed by atoms with van der Waals surface area (Å²) < 4.78 is 10.9. The van der Waals surface area contributed by atoms with Gasteiger partial charge in [0.25, 0.3) is 0 Å². The highest BCUT2D eigenvalue weighted by molar-refractivity contribution is 5.41. The third-order valence-corrected chi connectivity index (χ3v) is 3.98. The van der Waals surface area contributed by atoms with Crippen LogP contribution in [0.4, 0.5) is 0 Å². The van der Waals surface area contributed by atoms with Crippen molar-refractivity contribution in [1.29, 1.82) is 0 Å². The fraction of sp³-hybridized carbons (Fsp3) is 0.667. The van der Waals surface area contributed by atoms with Crippen molar-refractivity contribution in [3.63, 3.8) is 0 Å². The van der Waals surface area contributed by atoms with Crippen LogP contribution in [0.3, 0.4) is 0 Å². The second-order valence-corrected chi connectivity index (χ2v) is 5.39. The summed E-state index contributed by atoms with van der Waals surface area (Å²) in [5.74, 6) is 1.37. The molecule has 0 aromatic carbocycles. The summed E-state index contributed by atoms with van der Waals surface area (Å²) in [7, 11) is 1.70. The third-order valence-electron chi connectivity index (χ3n) is 3.98. The summed E-state index contributed by atoms with van der Waals surface area (Å²) in [5, 5.41) is 0. The molecule has 0 radical (unpaired) electrons. The molecule has 2 N–H and O–H groups in total. The number of pyridine rings is 1. The SMILES string of the molecule is COc1c(C)cnc(CC(N)C2CCCOC2)c1C. The zero-order valence-electron chi connectivity index (χ0n) is 12.1. The number of rotatable bonds is 4. The molecule has 4 heteroatoms. The quantitative estimate of drug-likeness (QED) is 0.903. The number of aromatic nitrogens is 1. The average Bonchev–Trinajstić information content (AvgIpc) is 2.43. The molecule has 0 spiro atoms. The van der Waals surface area contributed by atoms with Gasteiger partial charge in [-0.25, -0.2) is 0 Å². The van der Waals surface area contributed by atoms with Gasteiger partial charge in [0.2, 0.25) is 0 Å². The molecule has 1 aliphatic rings. The van der Waals surface area contributed by atoms with E-state index >= 15 is 0 Å². The summed E-state index contributed by atoms with van der Waals surface area (Å²) in [6, 6.07) is 0.110. The van der Waals surface area contributed by atoms with Crippen molar-refractivity contribution in [2.24, 2.45) is 11.7 Å². The monoisotopic (exact) mass is 264 g/mol. The Labute approximate surface area is 115 Å². The van der Waals surface area contributed by atoms with Crippen molar-refractivity contribution in [2.75, 3.05) is 20.3 Å². The molecule has 1 aliphatic heterocycles. The Balaban J connectivity index is 2.10. The van der Waals surface area contributed by atoms with E-state index in [0.717, 1.165) is 55.0 Å². The molecule has 2 heterocycles. The zero-order chi connectivity index (χ0) is 13.8. The topological polar surface area (TPSA) is 57.4 Å². The molecule has 2 rings (SSSR count). The maximum atomic E-state index is 6.32. The van der Waals surface area contributed by atoms with Crippen LogP contribution in [0, 0.1) is 19.8 Å². The van der Waals surface area contributed by atoms with Crippen molar-refractivity contribution in [1.82, 2.24) is 4.98 Å². The minimum Gasteiger partial charge on any atom is -0.496 e. The van der Waals surface area contributed by atoms with E-state index in [0.29, 0.717) is 5.92 Å². The number of hydrogen-bond donors (Lipinski definition) is 1. The molecule has 1 saturated heterocycles. The zero-order valence-corrected chi connectivity index (χ0v) is 12.1. The van der Waals surface area contributed by atoms with Crippen LogP contribution in [0.1, 0.15) is 29.7 Å². The lowest BCUT2D eigenvalue weighted by atomic mass is 9.90. The smallest absolute Gasteiger partial charge is 0.128 e. The van der Waals surface area contributed by atoms with Gasteiger partial charge in [-0.3, -0.25) is 4.98 Å². The first-order valence-electron chi connectivity index (χ1n) is 6.96. The molecule has 2 unspecified atom stereocenters. The summed E-state index contributed by atoms with van der Waals surface area (Å²) >= 11 is 0. The predicted molar refractivity (Wildman–Crippen MR) is 75.5 cm³/mol. The standard InChI is InChI=1S/C15H24N2O2/c1-10-8-17-14(11(2)15(10)18-3)7-13(16)12-5-4-6-19-9-12/h8,12-13H,4-7,9,16H2,1-3H3. The molecule has 0 aliphatic carbocycles. The van der Waals surface area contributed by atoms with Crippen molar-refractivity contribution in [3.05, 3.63) is 23.0 Å². The van der Waals surface area contributed by atoms with Gasteiger partial charge in [0.05, 0.1) is 13.7 Å². The van der Waals surface area contributed by atoms with E-state index in [1.165, 1.54) is 0 Å². The highest BCUT2D eigenvalue weighted by atomic mass is 16.5. The molecule has 1 aromatic rings. The number of nitrogens with two attached hydrogens (primary N) is 1.